The Bertz CT molecular complexity index is 904. The molecule has 4 N–H and O–H groups in total. The smallest absolute Gasteiger partial charge is 0.352 e. The van der Waals surface area contributed by atoms with Crippen molar-refractivity contribution >= 4 is 46.4 Å². The predicted octanol–water partition coefficient (Wildman–Crippen LogP) is 1.09. The summed E-state index contributed by atoms with van der Waals surface area (Å²) in [6.07, 6.45) is 0. The van der Waals surface area contributed by atoms with E-state index in [0.717, 1.165) is 11.8 Å². The Kier molecular flexibility index (Phi) is 6.06. The summed E-state index contributed by atoms with van der Waals surface area (Å²) < 4.78 is 0. The number of hydrogen-bond acceptors (Lipinski definition) is 7. The van der Waals surface area contributed by atoms with Crippen LogP contribution in [-0.2, 0) is 19.2 Å². The topological polar surface area (TPSA) is 130 Å². The first-order valence-corrected chi connectivity index (χ1v) is 10.9. The molecule has 29 heavy (non-hydrogen) atoms. The van der Waals surface area contributed by atoms with Gasteiger partial charge in [0, 0.05) is 18.4 Å². The molecule has 1 fully saturated rings. The van der Waals surface area contributed by atoms with Crippen molar-refractivity contribution in [3.05, 3.63) is 47.2 Å². The van der Waals surface area contributed by atoms with Gasteiger partial charge in [0.1, 0.15) is 22.7 Å². The van der Waals surface area contributed by atoms with Crippen LogP contribution in [-0.4, -0.2) is 55.3 Å². The van der Waals surface area contributed by atoms with E-state index in [2.05, 4.69) is 5.32 Å². The first-order valence-electron chi connectivity index (χ1n) is 8.83. The molecule has 10 heteroatoms. The number of nitrogens with one attached hydrogen (secondary N) is 1. The Labute approximate surface area is 176 Å². The second kappa shape index (κ2) is 8.21. The normalized spacial score (nSPS) is 24.4. The van der Waals surface area contributed by atoms with E-state index in [1.807, 2.05) is 6.07 Å². The molecule has 1 aromatic carbocycles. The number of amides is 2. The maximum atomic E-state index is 12.9. The number of nitrogens with zero attached hydrogens (tertiary/aromatic N) is 1. The van der Waals surface area contributed by atoms with Gasteiger partial charge in [0.25, 0.3) is 5.91 Å². The van der Waals surface area contributed by atoms with Crippen molar-refractivity contribution in [1.29, 1.82) is 0 Å². The third-order valence-corrected chi connectivity index (χ3v) is 7.27. The van der Waals surface area contributed by atoms with E-state index in [0.29, 0.717) is 16.9 Å². The van der Waals surface area contributed by atoms with Gasteiger partial charge in [-0.05, 0) is 18.1 Å². The molecule has 2 aliphatic heterocycles. The van der Waals surface area contributed by atoms with Crippen molar-refractivity contribution in [2.45, 2.75) is 30.8 Å². The number of rotatable bonds is 6. The zero-order valence-electron chi connectivity index (χ0n) is 15.9. The standard InChI is InChI=1S/C19H21N3O5S2/c1-10(23)28-8-12-9-29-18-19(2,17(27)22(18)14(12)16(25)26)21-15(24)13(20)11-6-4-3-5-7-11/h3-7,13,18H,8-9,20H2,1-2H3,(H,21,24)(H,25,26)/t13?,18-,19+/m1/s1. The minimum Gasteiger partial charge on any atom is -0.477 e. The Morgan fingerprint density at radius 2 is 2.03 bits per heavy atom. The molecule has 0 bridgehead atoms. The van der Waals surface area contributed by atoms with Crippen LogP contribution in [0.25, 0.3) is 0 Å². The Morgan fingerprint density at radius 3 is 2.62 bits per heavy atom. The van der Waals surface area contributed by atoms with E-state index in [1.165, 1.54) is 23.6 Å². The number of thioether (sulfide) groups is 2. The highest BCUT2D eigenvalue weighted by Gasteiger charge is 2.62. The summed E-state index contributed by atoms with van der Waals surface area (Å²) in [5.41, 5.74) is 5.79. The summed E-state index contributed by atoms with van der Waals surface area (Å²) in [6, 6.07) is 7.84. The van der Waals surface area contributed by atoms with Gasteiger partial charge in [0.05, 0.1) is 0 Å². The molecule has 154 valence electrons. The minimum atomic E-state index is -1.26. The quantitative estimate of drug-likeness (QED) is 0.566. The molecule has 0 aliphatic carbocycles. The number of benzene rings is 1. The molecule has 0 spiro atoms. The number of nitrogens with two attached hydrogens (primary N) is 1. The fraction of sp³-hybridized carbons (Fsp3) is 0.368. The lowest BCUT2D eigenvalue weighted by Gasteiger charge is -2.56. The largest absolute Gasteiger partial charge is 0.477 e. The second-order valence-electron chi connectivity index (χ2n) is 6.96. The monoisotopic (exact) mass is 435 g/mol. The van der Waals surface area contributed by atoms with Crippen LogP contribution in [0.15, 0.2) is 41.6 Å². The zero-order valence-corrected chi connectivity index (χ0v) is 17.5. The molecule has 0 radical (unpaired) electrons. The van der Waals surface area contributed by atoms with E-state index in [-0.39, 0.29) is 16.6 Å². The van der Waals surface area contributed by atoms with Gasteiger partial charge < -0.3 is 16.2 Å². The average molecular weight is 436 g/mol. The number of carboxylic acids is 1. The summed E-state index contributed by atoms with van der Waals surface area (Å²) in [4.78, 5) is 49.8. The van der Waals surface area contributed by atoms with Crippen molar-refractivity contribution in [3.63, 3.8) is 0 Å². The van der Waals surface area contributed by atoms with Crippen LogP contribution in [0.5, 0.6) is 0 Å². The van der Waals surface area contributed by atoms with Gasteiger partial charge in [0.15, 0.2) is 5.12 Å². The Balaban J connectivity index is 1.79. The number of fused-ring (bicyclic) bond motifs is 1. The Hall–Kier alpha value is -2.30. The molecule has 3 rings (SSSR count). The van der Waals surface area contributed by atoms with Gasteiger partial charge >= 0.3 is 5.97 Å². The van der Waals surface area contributed by atoms with Crippen molar-refractivity contribution in [2.24, 2.45) is 5.73 Å². The third kappa shape index (κ3) is 3.92. The molecule has 1 saturated heterocycles. The SMILES string of the molecule is CC(=O)SCC1=C(C(=O)O)N2C(=O)[C@](C)(NC(=O)C(N)c3ccccc3)[C@H]2SC1. The van der Waals surface area contributed by atoms with Gasteiger partial charge in [-0.1, -0.05) is 42.1 Å². The van der Waals surface area contributed by atoms with Crippen LogP contribution < -0.4 is 11.1 Å². The van der Waals surface area contributed by atoms with Crippen molar-refractivity contribution in [3.8, 4) is 0 Å². The molecule has 2 heterocycles. The second-order valence-corrected chi connectivity index (χ2v) is 9.18. The molecule has 2 amide bonds. The molecule has 0 saturated carbocycles. The lowest BCUT2D eigenvalue weighted by atomic mass is 9.87. The average Bonchev–Trinajstić information content (AvgIpc) is 2.70. The summed E-state index contributed by atoms with van der Waals surface area (Å²) in [7, 11) is 0. The number of carbonyl (C=O) groups is 4. The van der Waals surface area contributed by atoms with E-state index in [1.54, 1.807) is 31.2 Å². The summed E-state index contributed by atoms with van der Waals surface area (Å²) in [5, 5.41) is 11.7. The van der Waals surface area contributed by atoms with Gasteiger partial charge in [0.2, 0.25) is 5.91 Å². The van der Waals surface area contributed by atoms with Crippen LogP contribution in [0.3, 0.4) is 0 Å². The van der Waals surface area contributed by atoms with Gasteiger partial charge in [-0.15, -0.1) is 11.8 Å². The maximum absolute atomic E-state index is 12.9. The molecule has 2 aliphatic rings. The number of β-lactam (4-membered cyclic amide) rings is 1. The third-order valence-electron chi connectivity index (χ3n) is 4.86. The molecular formula is C19H21N3O5S2. The van der Waals surface area contributed by atoms with E-state index >= 15 is 0 Å². The van der Waals surface area contributed by atoms with Gasteiger partial charge in [-0.2, -0.15) is 0 Å². The minimum absolute atomic E-state index is 0.105. The van der Waals surface area contributed by atoms with Crippen molar-refractivity contribution < 1.29 is 24.3 Å². The van der Waals surface area contributed by atoms with Crippen LogP contribution in [0.2, 0.25) is 0 Å². The molecular weight excluding hydrogens is 414 g/mol. The number of carboxylic acid groups (broad SMARTS) is 1. The van der Waals surface area contributed by atoms with E-state index < -0.39 is 34.7 Å². The molecule has 1 unspecified atom stereocenters. The molecule has 0 aromatic heterocycles. The van der Waals surface area contributed by atoms with E-state index in [9.17, 15) is 24.3 Å². The fourth-order valence-electron chi connectivity index (χ4n) is 3.35. The van der Waals surface area contributed by atoms with Crippen molar-refractivity contribution in [2.75, 3.05) is 11.5 Å². The van der Waals surface area contributed by atoms with Gasteiger partial charge in [-0.25, -0.2) is 4.79 Å². The zero-order chi connectivity index (χ0) is 21.3. The van der Waals surface area contributed by atoms with Crippen molar-refractivity contribution in [1.82, 2.24) is 10.2 Å². The first kappa shape index (κ1) is 21.4. The fourth-order valence-corrected chi connectivity index (χ4v) is 5.53. The molecule has 8 nitrogen and oxygen atoms in total. The number of hydrogen-bond donors (Lipinski definition) is 3. The number of carbonyl (C=O) groups excluding carboxylic acids is 3. The summed E-state index contributed by atoms with van der Waals surface area (Å²) in [6.45, 7) is 2.98. The van der Waals surface area contributed by atoms with Crippen LogP contribution in [0.1, 0.15) is 25.5 Å². The lowest BCUT2D eigenvalue weighted by Crippen LogP contribution is -2.78. The highest BCUT2D eigenvalue weighted by Crippen LogP contribution is 2.46. The number of aliphatic carboxylic acids is 1. The van der Waals surface area contributed by atoms with Crippen LogP contribution in [0, 0.1) is 0 Å². The predicted molar refractivity (Wildman–Crippen MR) is 111 cm³/mol. The maximum Gasteiger partial charge on any atom is 0.352 e. The van der Waals surface area contributed by atoms with Gasteiger partial charge in [-0.3, -0.25) is 19.3 Å². The first-order chi connectivity index (χ1) is 13.7. The van der Waals surface area contributed by atoms with Crippen LogP contribution in [0.4, 0.5) is 0 Å². The van der Waals surface area contributed by atoms with Crippen LogP contribution >= 0.6 is 23.5 Å². The highest BCUT2D eigenvalue weighted by molar-refractivity contribution is 8.13. The molecule has 3 atom stereocenters. The Morgan fingerprint density at radius 1 is 1.38 bits per heavy atom. The molecule has 1 aromatic rings. The summed E-state index contributed by atoms with van der Waals surface area (Å²) >= 11 is 2.36. The highest BCUT2D eigenvalue weighted by atomic mass is 32.2. The summed E-state index contributed by atoms with van der Waals surface area (Å²) in [5.74, 6) is -1.68. The van der Waals surface area contributed by atoms with E-state index in [4.69, 9.17) is 5.73 Å². The lowest BCUT2D eigenvalue weighted by molar-refractivity contribution is -0.158.